The lowest BCUT2D eigenvalue weighted by atomic mass is 10.2. The van der Waals surface area contributed by atoms with Crippen molar-refractivity contribution < 1.29 is 8.95 Å². The van der Waals surface area contributed by atoms with Crippen LogP contribution in [0.3, 0.4) is 0 Å². The van der Waals surface area contributed by atoms with E-state index in [1.165, 1.54) is 11.3 Å². The molecule has 0 aliphatic rings. The van der Waals surface area contributed by atoms with E-state index in [9.17, 15) is 4.21 Å². The van der Waals surface area contributed by atoms with Crippen molar-refractivity contribution in [3.05, 3.63) is 48.3 Å². The molecule has 0 fully saturated rings. The first-order valence-corrected chi connectivity index (χ1v) is 11.0. The molecule has 2 aromatic heterocycles. The van der Waals surface area contributed by atoms with Crippen LogP contribution in [-0.2, 0) is 17.3 Å². The number of fused-ring (bicyclic) bond motifs is 2. The third-order valence-electron chi connectivity index (χ3n) is 3.85. The van der Waals surface area contributed by atoms with E-state index in [1.54, 1.807) is 6.26 Å². The predicted molar refractivity (Wildman–Crippen MR) is 105 cm³/mol. The van der Waals surface area contributed by atoms with E-state index in [1.807, 2.05) is 30.6 Å². The second-order valence-electron chi connectivity index (χ2n) is 5.51. The quantitative estimate of drug-likeness (QED) is 0.441. The average Bonchev–Trinajstić information content (AvgIpc) is 3.19. The molecule has 2 aromatic carbocycles. The molecule has 2 heterocycles. The van der Waals surface area contributed by atoms with Crippen LogP contribution in [0.1, 0.15) is 5.56 Å². The Bertz CT molecular complexity index is 1090. The lowest BCUT2D eigenvalue weighted by Gasteiger charge is -2.06. The first kappa shape index (κ1) is 16.7. The maximum absolute atomic E-state index is 11.6. The van der Waals surface area contributed by atoms with Crippen molar-refractivity contribution in [1.82, 2.24) is 14.5 Å². The summed E-state index contributed by atoms with van der Waals surface area (Å²) in [5.74, 6) is 0.792. The third kappa shape index (κ3) is 3.33. The Labute approximate surface area is 159 Å². The zero-order valence-electron chi connectivity index (χ0n) is 13.3. The predicted octanol–water partition coefficient (Wildman–Crippen LogP) is 4.16. The SMILES string of the molecule is CS(=O)c1nc2ccc(Cn3cnc4cc(OCBr)ccc43)cc2s1. The van der Waals surface area contributed by atoms with Crippen LogP contribution < -0.4 is 4.74 Å². The number of thiazole rings is 1. The lowest BCUT2D eigenvalue weighted by molar-refractivity contribution is 0.398. The molecule has 0 amide bonds. The number of nitrogens with zero attached hydrogens (tertiary/aromatic N) is 3. The van der Waals surface area contributed by atoms with Gasteiger partial charge < -0.3 is 9.30 Å². The standard InChI is InChI=1S/C17H14BrN3O2S2/c1-25(22)17-20-13-4-2-11(6-16(13)24-17)8-21-10-19-14-7-12(23-9-18)3-5-15(14)21/h2-7,10H,8-9H2,1H3. The summed E-state index contributed by atoms with van der Waals surface area (Å²) >= 11 is 4.74. The number of ether oxygens (including phenoxy) is 1. The van der Waals surface area contributed by atoms with Crippen LogP contribution in [0.5, 0.6) is 5.75 Å². The fourth-order valence-corrected chi connectivity index (χ4v) is 4.68. The molecule has 0 aliphatic heterocycles. The van der Waals surface area contributed by atoms with Gasteiger partial charge in [-0.1, -0.05) is 6.07 Å². The van der Waals surface area contributed by atoms with E-state index < -0.39 is 10.8 Å². The number of halogens is 1. The zero-order chi connectivity index (χ0) is 17.4. The molecular formula is C17H14BrN3O2S2. The van der Waals surface area contributed by atoms with Crippen LogP contribution in [0.4, 0.5) is 0 Å². The molecule has 0 saturated heterocycles. The maximum Gasteiger partial charge on any atom is 0.181 e. The molecule has 0 saturated carbocycles. The maximum atomic E-state index is 11.6. The molecule has 0 N–H and O–H groups in total. The Morgan fingerprint density at radius 1 is 1.24 bits per heavy atom. The molecule has 1 unspecified atom stereocenters. The highest BCUT2D eigenvalue weighted by molar-refractivity contribution is 9.09. The van der Waals surface area contributed by atoms with Gasteiger partial charge >= 0.3 is 0 Å². The lowest BCUT2D eigenvalue weighted by Crippen LogP contribution is -1.97. The van der Waals surface area contributed by atoms with Crippen molar-refractivity contribution >= 4 is 59.3 Å². The van der Waals surface area contributed by atoms with Crippen molar-refractivity contribution in [2.24, 2.45) is 0 Å². The molecule has 0 spiro atoms. The Morgan fingerprint density at radius 3 is 2.92 bits per heavy atom. The van der Waals surface area contributed by atoms with Gasteiger partial charge in [-0.3, -0.25) is 4.21 Å². The minimum atomic E-state index is -1.05. The summed E-state index contributed by atoms with van der Waals surface area (Å²) in [6, 6.07) is 12.0. The van der Waals surface area contributed by atoms with Crippen LogP contribution in [0, 0.1) is 0 Å². The Morgan fingerprint density at radius 2 is 2.12 bits per heavy atom. The molecule has 0 radical (unpaired) electrons. The van der Waals surface area contributed by atoms with Gasteiger partial charge in [0.15, 0.2) is 4.34 Å². The summed E-state index contributed by atoms with van der Waals surface area (Å²) in [7, 11) is -1.05. The van der Waals surface area contributed by atoms with Crippen LogP contribution in [0.2, 0.25) is 0 Å². The van der Waals surface area contributed by atoms with Crippen molar-refractivity contribution in [3.63, 3.8) is 0 Å². The molecule has 25 heavy (non-hydrogen) atoms. The molecule has 8 heteroatoms. The van der Waals surface area contributed by atoms with E-state index >= 15 is 0 Å². The molecule has 0 aliphatic carbocycles. The summed E-state index contributed by atoms with van der Waals surface area (Å²) in [4.78, 5) is 8.87. The van der Waals surface area contributed by atoms with Gasteiger partial charge in [-0.05, 0) is 45.8 Å². The van der Waals surface area contributed by atoms with Gasteiger partial charge in [0.2, 0.25) is 0 Å². The monoisotopic (exact) mass is 435 g/mol. The number of rotatable bonds is 5. The summed E-state index contributed by atoms with van der Waals surface area (Å²) < 4.78 is 20.9. The molecule has 5 nitrogen and oxygen atoms in total. The van der Waals surface area contributed by atoms with E-state index in [2.05, 4.69) is 42.6 Å². The molecule has 4 rings (SSSR count). The van der Waals surface area contributed by atoms with Crippen LogP contribution in [0.15, 0.2) is 47.1 Å². The van der Waals surface area contributed by atoms with Gasteiger partial charge in [0, 0.05) is 18.9 Å². The number of hydrogen-bond acceptors (Lipinski definition) is 5. The van der Waals surface area contributed by atoms with Gasteiger partial charge in [-0.15, -0.1) is 11.3 Å². The molecule has 128 valence electrons. The van der Waals surface area contributed by atoms with Crippen LogP contribution >= 0.6 is 27.3 Å². The fraction of sp³-hybridized carbons (Fsp3) is 0.176. The van der Waals surface area contributed by atoms with Gasteiger partial charge in [0.05, 0.1) is 38.4 Å². The third-order valence-corrected chi connectivity index (χ3v) is 6.42. The van der Waals surface area contributed by atoms with E-state index in [-0.39, 0.29) is 0 Å². The highest BCUT2D eigenvalue weighted by atomic mass is 79.9. The highest BCUT2D eigenvalue weighted by Gasteiger charge is 2.09. The summed E-state index contributed by atoms with van der Waals surface area (Å²) in [6.45, 7) is 0.716. The first-order chi connectivity index (χ1) is 12.1. The Balaban J connectivity index is 1.66. The molecule has 0 bridgehead atoms. The van der Waals surface area contributed by atoms with Gasteiger partial charge in [-0.25, -0.2) is 9.97 Å². The number of aromatic nitrogens is 3. The smallest absolute Gasteiger partial charge is 0.181 e. The highest BCUT2D eigenvalue weighted by Crippen LogP contribution is 2.26. The molecular weight excluding hydrogens is 422 g/mol. The fourth-order valence-electron chi connectivity index (χ4n) is 2.69. The van der Waals surface area contributed by atoms with E-state index in [0.717, 1.165) is 32.6 Å². The summed E-state index contributed by atoms with van der Waals surface area (Å²) in [5.41, 5.74) is 4.47. The van der Waals surface area contributed by atoms with Crippen molar-refractivity contribution in [2.45, 2.75) is 10.9 Å². The molecule has 1 atom stereocenters. The number of alkyl halides is 1. The van der Waals surface area contributed by atoms with Crippen molar-refractivity contribution in [2.75, 3.05) is 11.8 Å². The Hall–Kier alpha value is -1.77. The number of imidazole rings is 1. The summed E-state index contributed by atoms with van der Waals surface area (Å²) in [5, 5.41) is 0. The zero-order valence-corrected chi connectivity index (χ0v) is 16.5. The van der Waals surface area contributed by atoms with Crippen molar-refractivity contribution in [3.8, 4) is 5.75 Å². The molecule has 4 aromatic rings. The largest absolute Gasteiger partial charge is 0.482 e. The first-order valence-electron chi connectivity index (χ1n) is 7.50. The van der Waals surface area contributed by atoms with E-state index in [4.69, 9.17) is 4.74 Å². The minimum Gasteiger partial charge on any atom is -0.482 e. The normalized spacial score (nSPS) is 12.7. The van der Waals surface area contributed by atoms with Gasteiger partial charge in [0.1, 0.15) is 11.3 Å². The number of benzene rings is 2. The topological polar surface area (TPSA) is 57.0 Å². The van der Waals surface area contributed by atoms with Crippen LogP contribution in [-0.4, -0.2) is 30.5 Å². The van der Waals surface area contributed by atoms with Gasteiger partial charge in [0.25, 0.3) is 0 Å². The number of hydrogen-bond donors (Lipinski definition) is 0. The summed E-state index contributed by atoms with van der Waals surface area (Å²) in [6.07, 6.45) is 3.50. The second kappa shape index (κ2) is 6.86. The average molecular weight is 436 g/mol. The Kier molecular flexibility index (Phi) is 4.58. The van der Waals surface area contributed by atoms with Gasteiger partial charge in [-0.2, -0.15) is 0 Å². The second-order valence-corrected chi connectivity index (χ2v) is 8.55. The minimum absolute atomic E-state index is 0.457. The van der Waals surface area contributed by atoms with E-state index in [0.29, 0.717) is 16.4 Å². The van der Waals surface area contributed by atoms with Crippen LogP contribution in [0.25, 0.3) is 21.3 Å². The van der Waals surface area contributed by atoms with Crippen molar-refractivity contribution in [1.29, 1.82) is 0 Å².